The third-order valence-electron chi connectivity index (χ3n) is 2.44. The van der Waals surface area contributed by atoms with Crippen molar-refractivity contribution >= 4 is 0 Å². The SMILES string of the molecule is CCOC(OCC)C(NN)c1cncc(OC)c1. The van der Waals surface area contributed by atoms with Gasteiger partial charge in [0, 0.05) is 19.4 Å². The Balaban J connectivity index is 2.90. The van der Waals surface area contributed by atoms with Crippen LogP contribution < -0.4 is 16.0 Å². The van der Waals surface area contributed by atoms with Crippen molar-refractivity contribution in [3.8, 4) is 5.75 Å². The highest BCUT2D eigenvalue weighted by atomic mass is 16.7. The third-order valence-corrected chi connectivity index (χ3v) is 2.44. The molecule has 1 atom stereocenters. The molecule has 1 heterocycles. The summed E-state index contributed by atoms with van der Waals surface area (Å²) in [6, 6.07) is 1.55. The number of pyridine rings is 1. The maximum atomic E-state index is 5.58. The van der Waals surface area contributed by atoms with Crippen LogP contribution in [0.2, 0.25) is 0 Å². The summed E-state index contributed by atoms with van der Waals surface area (Å²) in [7, 11) is 1.59. The maximum absolute atomic E-state index is 5.58. The zero-order valence-corrected chi connectivity index (χ0v) is 11.1. The predicted octanol–water partition coefficient (Wildman–Crippen LogP) is 0.994. The Bertz CT molecular complexity index is 343. The number of methoxy groups -OCH3 is 1. The molecule has 3 N–H and O–H groups in total. The second-order valence-corrected chi connectivity index (χ2v) is 3.58. The van der Waals surface area contributed by atoms with Gasteiger partial charge in [-0.15, -0.1) is 0 Å². The molecule has 6 heteroatoms. The van der Waals surface area contributed by atoms with Crippen molar-refractivity contribution in [3.63, 3.8) is 0 Å². The first-order chi connectivity index (χ1) is 8.76. The van der Waals surface area contributed by atoms with Gasteiger partial charge in [-0.05, 0) is 25.5 Å². The molecule has 0 aliphatic rings. The van der Waals surface area contributed by atoms with Crippen LogP contribution in [0.3, 0.4) is 0 Å². The molecule has 1 unspecified atom stereocenters. The Morgan fingerprint density at radius 3 is 2.44 bits per heavy atom. The quantitative estimate of drug-likeness (QED) is 0.410. The highest BCUT2D eigenvalue weighted by Crippen LogP contribution is 2.22. The lowest BCUT2D eigenvalue weighted by Gasteiger charge is -2.26. The Labute approximate surface area is 107 Å². The molecule has 0 radical (unpaired) electrons. The summed E-state index contributed by atoms with van der Waals surface area (Å²) in [4.78, 5) is 4.10. The molecule has 0 aliphatic carbocycles. The highest BCUT2D eigenvalue weighted by Gasteiger charge is 2.23. The van der Waals surface area contributed by atoms with Gasteiger partial charge in [-0.25, -0.2) is 5.43 Å². The first-order valence-corrected chi connectivity index (χ1v) is 5.95. The number of nitrogens with one attached hydrogen (secondary N) is 1. The van der Waals surface area contributed by atoms with Crippen molar-refractivity contribution in [1.29, 1.82) is 0 Å². The first-order valence-electron chi connectivity index (χ1n) is 5.95. The van der Waals surface area contributed by atoms with Crippen LogP contribution in [0.25, 0.3) is 0 Å². The van der Waals surface area contributed by atoms with Gasteiger partial charge in [0.05, 0.1) is 19.3 Å². The normalized spacial score (nSPS) is 12.7. The number of nitrogens with two attached hydrogens (primary N) is 1. The van der Waals surface area contributed by atoms with E-state index in [1.165, 1.54) is 0 Å². The molecule has 0 amide bonds. The summed E-state index contributed by atoms with van der Waals surface area (Å²) in [5.41, 5.74) is 3.54. The Kier molecular flexibility index (Phi) is 6.59. The van der Waals surface area contributed by atoms with E-state index in [1.54, 1.807) is 19.5 Å². The van der Waals surface area contributed by atoms with Gasteiger partial charge < -0.3 is 14.2 Å². The van der Waals surface area contributed by atoms with Crippen molar-refractivity contribution in [2.45, 2.75) is 26.2 Å². The predicted molar refractivity (Wildman–Crippen MR) is 67.9 cm³/mol. The van der Waals surface area contributed by atoms with Crippen LogP contribution in [0.4, 0.5) is 0 Å². The molecule has 1 aromatic rings. The molecule has 6 nitrogen and oxygen atoms in total. The molecular weight excluding hydrogens is 234 g/mol. The number of hydrazine groups is 1. The van der Waals surface area contributed by atoms with E-state index in [4.69, 9.17) is 20.1 Å². The third kappa shape index (κ3) is 3.92. The van der Waals surface area contributed by atoms with Crippen LogP contribution in [-0.2, 0) is 9.47 Å². The number of hydrogen-bond acceptors (Lipinski definition) is 6. The number of aromatic nitrogens is 1. The second kappa shape index (κ2) is 7.99. The molecule has 0 saturated heterocycles. The van der Waals surface area contributed by atoms with Crippen LogP contribution >= 0.6 is 0 Å². The minimum atomic E-state index is -0.459. The Morgan fingerprint density at radius 2 is 1.94 bits per heavy atom. The Hall–Kier alpha value is -1.21. The number of ether oxygens (including phenoxy) is 3. The average molecular weight is 255 g/mol. The molecular formula is C12H21N3O3. The lowest BCUT2D eigenvalue weighted by Crippen LogP contribution is -2.39. The van der Waals surface area contributed by atoms with Gasteiger partial charge in [0.1, 0.15) is 5.75 Å². The zero-order chi connectivity index (χ0) is 13.4. The van der Waals surface area contributed by atoms with Crippen LogP contribution in [0.5, 0.6) is 5.75 Å². The summed E-state index contributed by atoms with van der Waals surface area (Å²) in [6.07, 6.45) is 2.88. The van der Waals surface area contributed by atoms with Gasteiger partial charge in [-0.1, -0.05) is 0 Å². The number of nitrogens with zero attached hydrogens (tertiary/aromatic N) is 1. The van der Waals surface area contributed by atoms with E-state index < -0.39 is 6.29 Å². The molecule has 0 aliphatic heterocycles. The smallest absolute Gasteiger partial charge is 0.178 e. The van der Waals surface area contributed by atoms with Gasteiger partial charge in [-0.2, -0.15) is 0 Å². The molecule has 0 saturated carbocycles. The molecule has 0 aromatic carbocycles. The van der Waals surface area contributed by atoms with E-state index in [1.807, 2.05) is 19.9 Å². The lowest BCUT2D eigenvalue weighted by atomic mass is 10.1. The van der Waals surface area contributed by atoms with Gasteiger partial charge in [0.25, 0.3) is 0 Å². The standard InChI is InChI=1S/C12H21N3O3/c1-4-17-12(18-5-2)11(15-13)9-6-10(16-3)8-14-7-9/h6-8,11-12,15H,4-5,13H2,1-3H3. The van der Waals surface area contributed by atoms with Crippen molar-refractivity contribution in [2.24, 2.45) is 5.84 Å². The summed E-state index contributed by atoms with van der Waals surface area (Å²) < 4.78 is 16.2. The molecule has 102 valence electrons. The van der Waals surface area contributed by atoms with Gasteiger partial charge >= 0.3 is 0 Å². The zero-order valence-electron chi connectivity index (χ0n) is 11.1. The summed E-state index contributed by atoms with van der Waals surface area (Å²) in [6.45, 7) is 4.90. The van der Waals surface area contributed by atoms with E-state index in [0.717, 1.165) is 5.56 Å². The fraction of sp³-hybridized carbons (Fsp3) is 0.583. The van der Waals surface area contributed by atoms with Crippen molar-refractivity contribution in [1.82, 2.24) is 10.4 Å². The lowest BCUT2D eigenvalue weighted by molar-refractivity contribution is -0.155. The average Bonchev–Trinajstić information content (AvgIpc) is 2.40. The Morgan fingerprint density at radius 1 is 1.28 bits per heavy atom. The van der Waals surface area contributed by atoms with Crippen molar-refractivity contribution in [2.75, 3.05) is 20.3 Å². The van der Waals surface area contributed by atoms with Crippen LogP contribution in [0.15, 0.2) is 18.5 Å². The molecule has 0 fully saturated rings. The minimum absolute atomic E-state index is 0.299. The van der Waals surface area contributed by atoms with Crippen LogP contribution in [0, 0.1) is 0 Å². The molecule has 0 bridgehead atoms. The topological polar surface area (TPSA) is 78.6 Å². The summed E-state index contributed by atoms with van der Waals surface area (Å²) in [5, 5.41) is 0. The van der Waals surface area contributed by atoms with Crippen LogP contribution in [0.1, 0.15) is 25.5 Å². The molecule has 0 spiro atoms. The van der Waals surface area contributed by atoms with E-state index in [0.29, 0.717) is 19.0 Å². The monoisotopic (exact) mass is 255 g/mol. The maximum Gasteiger partial charge on any atom is 0.178 e. The second-order valence-electron chi connectivity index (χ2n) is 3.58. The van der Waals surface area contributed by atoms with E-state index >= 15 is 0 Å². The highest BCUT2D eigenvalue weighted by molar-refractivity contribution is 5.26. The first kappa shape index (κ1) is 14.8. The van der Waals surface area contributed by atoms with Gasteiger partial charge in [-0.3, -0.25) is 10.8 Å². The largest absolute Gasteiger partial charge is 0.495 e. The van der Waals surface area contributed by atoms with Gasteiger partial charge in [0.2, 0.25) is 0 Å². The molecule has 18 heavy (non-hydrogen) atoms. The summed E-state index contributed by atoms with van der Waals surface area (Å²) in [5.74, 6) is 6.25. The fourth-order valence-corrected chi connectivity index (χ4v) is 1.62. The van der Waals surface area contributed by atoms with Crippen molar-refractivity contribution in [3.05, 3.63) is 24.0 Å². The van der Waals surface area contributed by atoms with Crippen molar-refractivity contribution < 1.29 is 14.2 Å². The van der Waals surface area contributed by atoms with E-state index in [-0.39, 0.29) is 6.04 Å². The summed E-state index contributed by atoms with van der Waals surface area (Å²) >= 11 is 0. The van der Waals surface area contributed by atoms with E-state index in [9.17, 15) is 0 Å². The molecule has 1 aromatic heterocycles. The molecule has 1 rings (SSSR count). The van der Waals surface area contributed by atoms with E-state index in [2.05, 4.69) is 10.4 Å². The van der Waals surface area contributed by atoms with Crippen LogP contribution in [-0.4, -0.2) is 31.6 Å². The minimum Gasteiger partial charge on any atom is -0.495 e. The number of rotatable bonds is 8. The number of hydrogen-bond donors (Lipinski definition) is 2. The fourth-order valence-electron chi connectivity index (χ4n) is 1.62. The van der Waals surface area contributed by atoms with Gasteiger partial charge in [0.15, 0.2) is 6.29 Å².